The third-order valence-corrected chi connectivity index (χ3v) is 5.63. The summed E-state index contributed by atoms with van der Waals surface area (Å²) >= 11 is 0. The normalized spacial score (nSPS) is 16.9. The molecule has 0 bridgehead atoms. The van der Waals surface area contributed by atoms with Gasteiger partial charge in [0, 0.05) is 6.54 Å². The predicted octanol–water partition coefficient (Wildman–Crippen LogP) is 3.88. The van der Waals surface area contributed by atoms with E-state index in [-0.39, 0.29) is 11.9 Å². The van der Waals surface area contributed by atoms with E-state index in [4.69, 9.17) is 0 Å². The van der Waals surface area contributed by atoms with Gasteiger partial charge in [0.15, 0.2) is 5.82 Å². The van der Waals surface area contributed by atoms with Crippen molar-refractivity contribution in [3.63, 3.8) is 0 Å². The predicted molar refractivity (Wildman–Crippen MR) is 106 cm³/mol. The Morgan fingerprint density at radius 2 is 1.75 bits per heavy atom. The summed E-state index contributed by atoms with van der Waals surface area (Å²) in [5, 5.41) is 12.6. The Morgan fingerprint density at radius 1 is 1.04 bits per heavy atom. The molecule has 0 amide bonds. The van der Waals surface area contributed by atoms with E-state index >= 15 is 0 Å². The first kappa shape index (κ1) is 18.7. The van der Waals surface area contributed by atoms with Crippen molar-refractivity contribution in [3.05, 3.63) is 77.4 Å². The van der Waals surface area contributed by atoms with Gasteiger partial charge in [0.05, 0.1) is 6.04 Å². The molecule has 5 nitrogen and oxygen atoms in total. The third kappa shape index (κ3) is 4.28. The standard InChI is InChI=1S/C22H26FN5/c1-17-11-14-27(15-12-17)21(19-7-9-20(23)10-8-19)22-24-25-26-28(22)16-13-18-5-3-2-4-6-18/h2-10,17,21H,11-16H2,1H3. The van der Waals surface area contributed by atoms with Crippen LogP contribution < -0.4 is 0 Å². The highest BCUT2D eigenvalue weighted by atomic mass is 19.1. The number of halogens is 1. The van der Waals surface area contributed by atoms with Gasteiger partial charge in [0.25, 0.3) is 0 Å². The molecule has 1 saturated heterocycles. The molecule has 2 aromatic carbocycles. The number of likely N-dealkylation sites (tertiary alicyclic amines) is 1. The lowest BCUT2D eigenvalue weighted by Gasteiger charge is -2.36. The lowest BCUT2D eigenvalue weighted by molar-refractivity contribution is 0.149. The fraction of sp³-hybridized carbons (Fsp3) is 0.409. The molecule has 2 heterocycles. The molecule has 6 heteroatoms. The van der Waals surface area contributed by atoms with Gasteiger partial charge in [-0.05, 0) is 72.0 Å². The fourth-order valence-corrected chi connectivity index (χ4v) is 3.90. The number of hydrogen-bond acceptors (Lipinski definition) is 4. The van der Waals surface area contributed by atoms with Crippen molar-refractivity contribution in [2.45, 2.75) is 38.8 Å². The number of nitrogens with zero attached hydrogens (tertiary/aromatic N) is 5. The zero-order chi connectivity index (χ0) is 19.3. The minimum atomic E-state index is -0.224. The van der Waals surface area contributed by atoms with Crippen LogP contribution in [0.15, 0.2) is 54.6 Å². The second-order valence-corrected chi connectivity index (χ2v) is 7.67. The van der Waals surface area contributed by atoms with Crippen molar-refractivity contribution in [1.29, 1.82) is 0 Å². The zero-order valence-electron chi connectivity index (χ0n) is 16.2. The first-order valence-corrected chi connectivity index (χ1v) is 10.00. The summed E-state index contributed by atoms with van der Waals surface area (Å²) in [6, 6.07) is 17.1. The van der Waals surface area contributed by atoms with Crippen molar-refractivity contribution < 1.29 is 4.39 Å². The first-order valence-electron chi connectivity index (χ1n) is 10.00. The van der Waals surface area contributed by atoms with Crippen LogP contribution in [0.4, 0.5) is 4.39 Å². The number of hydrogen-bond donors (Lipinski definition) is 0. The molecule has 0 saturated carbocycles. The van der Waals surface area contributed by atoms with Crippen molar-refractivity contribution in [1.82, 2.24) is 25.1 Å². The number of tetrazole rings is 1. The van der Waals surface area contributed by atoms with Crippen molar-refractivity contribution in [2.75, 3.05) is 13.1 Å². The summed E-state index contributed by atoms with van der Waals surface area (Å²) in [6.07, 6.45) is 3.18. The Hall–Kier alpha value is -2.60. The number of aryl methyl sites for hydroxylation is 2. The van der Waals surface area contributed by atoms with Gasteiger partial charge in [-0.1, -0.05) is 49.4 Å². The summed E-state index contributed by atoms with van der Waals surface area (Å²) in [6.45, 7) is 5.01. The molecule has 1 aliphatic rings. The molecule has 1 aromatic heterocycles. The van der Waals surface area contributed by atoms with Crippen LogP contribution in [0.5, 0.6) is 0 Å². The van der Waals surface area contributed by atoms with Gasteiger partial charge in [-0.2, -0.15) is 0 Å². The molecule has 1 atom stereocenters. The molecule has 1 unspecified atom stereocenters. The van der Waals surface area contributed by atoms with Gasteiger partial charge in [0.2, 0.25) is 0 Å². The minimum absolute atomic E-state index is 0.0566. The average molecular weight is 379 g/mol. The van der Waals surface area contributed by atoms with Crippen molar-refractivity contribution in [2.24, 2.45) is 5.92 Å². The van der Waals surface area contributed by atoms with E-state index in [1.54, 1.807) is 0 Å². The highest BCUT2D eigenvalue weighted by Gasteiger charge is 2.30. The molecule has 3 aromatic rings. The molecule has 146 valence electrons. The quantitative estimate of drug-likeness (QED) is 0.652. The smallest absolute Gasteiger partial charge is 0.173 e. The van der Waals surface area contributed by atoms with Crippen LogP contribution in [0.1, 0.15) is 42.8 Å². The Morgan fingerprint density at radius 3 is 2.46 bits per heavy atom. The van der Waals surface area contributed by atoms with E-state index in [9.17, 15) is 4.39 Å². The van der Waals surface area contributed by atoms with Crippen molar-refractivity contribution >= 4 is 0 Å². The zero-order valence-corrected chi connectivity index (χ0v) is 16.2. The highest BCUT2D eigenvalue weighted by Crippen LogP contribution is 2.31. The lowest BCUT2D eigenvalue weighted by Crippen LogP contribution is -2.38. The van der Waals surface area contributed by atoms with Crippen LogP contribution in [-0.4, -0.2) is 38.2 Å². The van der Waals surface area contributed by atoms with Crippen LogP contribution >= 0.6 is 0 Å². The largest absolute Gasteiger partial charge is 0.290 e. The third-order valence-electron chi connectivity index (χ3n) is 5.63. The summed E-state index contributed by atoms with van der Waals surface area (Å²) < 4.78 is 15.4. The summed E-state index contributed by atoms with van der Waals surface area (Å²) in [4.78, 5) is 2.43. The number of rotatable bonds is 6. The molecule has 0 N–H and O–H groups in total. The molecule has 4 rings (SSSR count). The Balaban J connectivity index is 1.61. The molecule has 0 aliphatic carbocycles. The first-order chi connectivity index (χ1) is 13.7. The van der Waals surface area contributed by atoms with Crippen LogP contribution in [0, 0.1) is 11.7 Å². The molecular formula is C22H26FN5. The van der Waals surface area contributed by atoms with E-state index in [1.165, 1.54) is 17.7 Å². The van der Waals surface area contributed by atoms with E-state index in [1.807, 2.05) is 35.0 Å². The van der Waals surface area contributed by atoms with Gasteiger partial charge >= 0.3 is 0 Å². The van der Waals surface area contributed by atoms with Gasteiger partial charge in [-0.3, -0.25) is 4.90 Å². The molecule has 0 spiro atoms. The van der Waals surface area contributed by atoms with E-state index in [0.29, 0.717) is 6.54 Å². The topological polar surface area (TPSA) is 46.8 Å². The van der Waals surface area contributed by atoms with Gasteiger partial charge in [-0.15, -0.1) is 5.10 Å². The minimum Gasteiger partial charge on any atom is -0.290 e. The van der Waals surface area contributed by atoms with Gasteiger partial charge in [-0.25, -0.2) is 9.07 Å². The number of piperidine rings is 1. The average Bonchev–Trinajstić information content (AvgIpc) is 3.18. The second-order valence-electron chi connectivity index (χ2n) is 7.67. The summed E-state index contributed by atoms with van der Waals surface area (Å²) in [7, 11) is 0. The molecule has 1 fully saturated rings. The Bertz CT molecular complexity index is 869. The maximum atomic E-state index is 13.5. The number of aromatic nitrogens is 4. The molecule has 0 radical (unpaired) electrons. The summed E-state index contributed by atoms with van der Waals surface area (Å²) in [5.74, 6) is 1.34. The SMILES string of the molecule is CC1CCN(C(c2ccc(F)cc2)c2nnnn2CCc2ccccc2)CC1. The second kappa shape index (κ2) is 8.61. The molecular weight excluding hydrogens is 353 g/mol. The Labute approximate surface area is 165 Å². The van der Waals surface area contributed by atoms with E-state index in [2.05, 4.69) is 39.5 Å². The molecule has 28 heavy (non-hydrogen) atoms. The van der Waals surface area contributed by atoms with Gasteiger partial charge in [0.1, 0.15) is 5.82 Å². The van der Waals surface area contributed by atoms with Crippen LogP contribution in [0.2, 0.25) is 0 Å². The number of benzene rings is 2. The van der Waals surface area contributed by atoms with Crippen LogP contribution in [0.3, 0.4) is 0 Å². The van der Waals surface area contributed by atoms with Crippen LogP contribution in [-0.2, 0) is 13.0 Å². The fourth-order valence-electron chi connectivity index (χ4n) is 3.90. The lowest BCUT2D eigenvalue weighted by atomic mass is 9.95. The molecule has 1 aliphatic heterocycles. The highest BCUT2D eigenvalue weighted by molar-refractivity contribution is 5.25. The van der Waals surface area contributed by atoms with Crippen LogP contribution in [0.25, 0.3) is 0 Å². The van der Waals surface area contributed by atoms with E-state index < -0.39 is 0 Å². The Kier molecular flexibility index (Phi) is 5.76. The monoisotopic (exact) mass is 379 g/mol. The summed E-state index contributed by atoms with van der Waals surface area (Å²) in [5.41, 5.74) is 2.29. The maximum absolute atomic E-state index is 13.5. The van der Waals surface area contributed by atoms with Gasteiger partial charge < -0.3 is 0 Å². The van der Waals surface area contributed by atoms with E-state index in [0.717, 1.165) is 49.7 Å². The van der Waals surface area contributed by atoms with Crippen molar-refractivity contribution in [3.8, 4) is 0 Å². The maximum Gasteiger partial charge on any atom is 0.173 e.